The molecule has 0 amide bonds. The van der Waals surface area contributed by atoms with Crippen LogP contribution >= 0.6 is 0 Å². The minimum Gasteiger partial charge on any atom is -0.394 e. The minimum absolute atomic E-state index is 0.116. The molecule has 1 saturated carbocycles. The topological polar surface area (TPSA) is 66.7 Å². The number of hydrogen-bond acceptors (Lipinski definition) is 7. The van der Waals surface area contributed by atoms with Crippen LogP contribution in [0.1, 0.15) is 72.4 Å². The fraction of sp³-hybridized carbons (Fsp3) is 0.600. The molecule has 0 saturated heterocycles. The molecule has 13 heteroatoms. The van der Waals surface area contributed by atoms with Crippen LogP contribution in [0.15, 0.2) is 40.7 Å². The monoisotopic (exact) mass is 612 g/mol. The maximum Gasteiger partial charge on any atom is 0.416 e. The Balaban J connectivity index is 1.52. The number of fused-ring (bicyclic) bond motifs is 1. The van der Waals surface area contributed by atoms with Gasteiger partial charge in [0.15, 0.2) is 6.29 Å². The summed E-state index contributed by atoms with van der Waals surface area (Å²) in [5.74, 6) is 0.584. The van der Waals surface area contributed by atoms with Gasteiger partial charge in [0.05, 0.1) is 24.3 Å². The van der Waals surface area contributed by atoms with Crippen molar-refractivity contribution < 1.29 is 31.4 Å². The van der Waals surface area contributed by atoms with Crippen LogP contribution < -0.4 is 10.3 Å². The molecule has 0 aromatic heterocycles. The molecule has 2 N–H and O–H groups in total. The first-order chi connectivity index (χ1) is 20.4. The summed E-state index contributed by atoms with van der Waals surface area (Å²) in [6.45, 7) is 3.64. The molecule has 1 heterocycles. The Bertz CT molecular complexity index is 1260. The summed E-state index contributed by atoms with van der Waals surface area (Å²) in [5.41, 5.74) is 4.65. The van der Waals surface area contributed by atoms with Gasteiger partial charge in [0, 0.05) is 31.9 Å². The first-order valence-corrected chi connectivity index (χ1v) is 14.9. The molecule has 43 heavy (non-hydrogen) atoms. The Kier molecular flexibility index (Phi) is 9.52. The predicted octanol–water partition coefficient (Wildman–Crippen LogP) is 6.69. The molecule has 236 valence electrons. The van der Waals surface area contributed by atoms with Crippen molar-refractivity contribution in [1.82, 2.24) is 15.4 Å². The summed E-state index contributed by atoms with van der Waals surface area (Å²) < 4.78 is 82.0. The number of benzene rings is 2. The summed E-state index contributed by atoms with van der Waals surface area (Å²) in [6.07, 6.45) is -3.04. The number of halogens is 6. The Labute approximate surface area is 247 Å². The summed E-state index contributed by atoms with van der Waals surface area (Å²) in [4.78, 5) is 4.05. The molecule has 2 aliphatic carbocycles. The first kappa shape index (κ1) is 31.5. The number of anilines is 1. The van der Waals surface area contributed by atoms with E-state index < -0.39 is 29.8 Å². The Hall–Kier alpha value is -2.90. The number of aryl methyl sites for hydroxylation is 2. The van der Waals surface area contributed by atoms with Crippen molar-refractivity contribution in [3.63, 3.8) is 0 Å². The highest BCUT2D eigenvalue weighted by Gasteiger charge is 2.37. The quantitative estimate of drug-likeness (QED) is 0.277. The molecule has 1 fully saturated rings. The number of rotatable bonds is 11. The molecule has 1 unspecified atom stereocenters. The number of hydrogen-bond donors (Lipinski definition) is 2. The lowest BCUT2D eigenvalue weighted by molar-refractivity contribution is -0.143. The summed E-state index contributed by atoms with van der Waals surface area (Å²) >= 11 is 0. The van der Waals surface area contributed by atoms with E-state index in [1.807, 2.05) is 0 Å². The van der Waals surface area contributed by atoms with Gasteiger partial charge in [0.25, 0.3) is 0 Å². The minimum atomic E-state index is -4.95. The van der Waals surface area contributed by atoms with Gasteiger partial charge in [-0.1, -0.05) is 24.1 Å². The molecule has 7 nitrogen and oxygen atoms in total. The fourth-order valence-corrected chi connectivity index (χ4v) is 6.43. The summed E-state index contributed by atoms with van der Waals surface area (Å²) in [6, 6.07) is 6.05. The van der Waals surface area contributed by atoms with E-state index >= 15 is 0 Å². The van der Waals surface area contributed by atoms with E-state index in [0.29, 0.717) is 5.92 Å². The van der Waals surface area contributed by atoms with Crippen LogP contribution in [0.2, 0.25) is 0 Å². The average Bonchev–Trinajstić information content (AvgIpc) is 3.72. The van der Waals surface area contributed by atoms with Crippen LogP contribution in [0, 0.1) is 5.92 Å². The highest BCUT2D eigenvalue weighted by molar-refractivity contribution is 5.59. The van der Waals surface area contributed by atoms with Crippen molar-refractivity contribution in [2.75, 3.05) is 31.1 Å². The lowest BCUT2D eigenvalue weighted by atomic mass is 10.00. The van der Waals surface area contributed by atoms with Crippen LogP contribution in [0.3, 0.4) is 0 Å². The Morgan fingerprint density at radius 2 is 1.56 bits per heavy atom. The molecular formula is C30H38F6N6O. The van der Waals surface area contributed by atoms with Crippen molar-refractivity contribution in [2.45, 2.75) is 83.6 Å². The zero-order valence-electron chi connectivity index (χ0n) is 24.2. The third kappa shape index (κ3) is 7.61. The number of aliphatic hydroxyl groups is 1. The molecule has 1 aliphatic heterocycles. The van der Waals surface area contributed by atoms with Gasteiger partial charge in [-0.2, -0.15) is 31.8 Å². The molecule has 0 bridgehead atoms. The predicted molar refractivity (Wildman–Crippen MR) is 150 cm³/mol. The second-order valence-corrected chi connectivity index (χ2v) is 11.7. The summed E-state index contributed by atoms with van der Waals surface area (Å²) in [7, 11) is 0. The molecule has 2 aromatic carbocycles. The number of β-amino-alcohol motifs (C(OH)–C–C–N with tert-alkyl or cyclic N) is 1. The third-order valence-corrected chi connectivity index (χ3v) is 8.57. The molecule has 0 radical (unpaired) electrons. The number of hydrazine groups is 1. The maximum absolute atomic E-state index is 13.7. The van der Waals surface area contributed by atoms with Crippen LogP contribution in [-0.2, 0) is 38.3 Å². The maximum atomic E-state index is 13.7. The van der Waals surface area contributed by atoms with E-state index in [4.69, 9.17) is 0 Å². The Morgan fingerprint density at radius 3 is 2.16 bits per heavy atom. The molecular weight excluding hydrogens is 574 g/mol. The van der Waals surface area contributed by atoms with Crippen LogP contribution in [0.25, 0.3) is 0 Å². The zero-order valence-corrected chi connectivity index (χ0v) is 24.2. The molecule has 3 aliphatic rings. The highest BCUT2D eigenvalue weighted by atomic mass is 19.4. The van der Waals surface area contributed by atoms with E-state index in [1.165, 1.54) is 41.9 Å². The van der Waals surface area contributed by atoms with Gasteiger partial charge in [-0.3, -0.25) is 4.90 Å². The lowest BCUT2D eigenvalue weighted by Gasteiger charge is -2.33. The standard InChI is InChI=1S/C30H38F6N6O/c1-2-40(17-20-6-3-4-7-20)27-15-23-9-5-8-22(23)14-24(27)19-41(28-37-39-42(38-28)10-11-43)18-21-12-25(29(31,32)33)16-26(13-21)30(34,35)36/h12-16,20,28,38,43H,2-11,17-19H2,1H3. The van der Waals surface area contributed by atoms with Gasteiger partial charge in [-0.15, -0.1) is 5.11 Å². The van der Waals surface area contributed by atoms with Crippen LogP contribution in [0.5, 0.6) is 0 Å². The molecule has 0 spiro atoms. The van der Waals surface area contributed by atoms with Crippen molar-refractivity contribution in [1.29, 1.82) is 0 Å². The molecule has 5 rings (SSSR count). The van der Waals surface area contributed by atoms with Gasteiger partial charge in [0.1, 0.15) is 0 Å². The smallest absolute Gasteiger partial charge is 0.394 e. The van der Waals surface area contributed by atoms with E-state index in [1.54, 1.807) is 4.90 Å². The van der Waals surface area contributed by atoms with Gasteiger partial charge in [-0.25, -0.2) is 5.12 Å². The van der Waals surface area contributed by atoms with Crippen LogP contribution in [-0.4, -0.2) is 47.7 Å². The number of nitrogens with one attached hydrogen (secondary N) is 1. The van der Waals surface area contributed by atoms with Gasteiger partial charge >= 0.3 is 12.4 Å². The largest absolute Gasteiger partial charge is 0.416 e. The van der Waals surface area contributed by atoms with E-state index in [0.717, 1.165) is 55.7 Å². The number of alkyl halides is 6. The average molecular weight is 613 g/mol. The number of nitrogens with zero attached hydrogens (tertiary/aromatic N) is 5. The lowest BCUT2D eigenvalue weighted by Crippen LogP contribution is -2.46. The SMILES string of the molecule is CCN(CC1CCCC1)c1cc2c(cc1CN(Cc1cc(C(F)(F)F)cc(C(F)(F)F)c1)C1N=NN(CCO)N1)CCC2. The number of aliphatic hydroxyl groups excluding tert-OH is 1. The van der Waals surface area contributed by atoms with Crippen LogP contribution in [0.4, 0.5) is 32.0 Å². The van der Waals surface area contributed by atoms with Gasteiger partial charge in [-0.05, 0) is 91.5 Å². The Morgan fingerprint density at radius 1 is 0.907 bits per heavy atom. The van der Waals surface area contributed by atoms with Crippen molar-refractivity contribution in [2.24, 2.45) is 16.3 Å². The second kappa shape index (κ2) is 13.0. The van der Waals surface area contributed by atoms with Gasteiger partial charge in [0.2, 0.25) is 0 Å². The summed E-state index contributed by atoms with van der Waals surface area (Å²) in [5, 5.41) is 18.9. The molecule has 2 aromatic rings. The van der Waals surface area contributed by atoms with Crippen molar-refractivity contribution in [3.8, 4) is 0 Å². The highest BCUT2D eigenvalue weighted by Crippen LogP contribution is 2.38. The van der Waals surface area contributed by atoms with Crippen molar-refractivity contribution in [3.05, 3.63) is 63.7 Å². The third-order valence-electron chi connectivity index (χ3n) is 8.57. The van der Waals surface area contributed by atoms with Gasteiger partial charge < -0.3 is 10.0 Å². The van der Waals surface area contributed by atoms with E-state index in [9.17, 15) is 31.4 Å². The molecule has 1 atom stereocenters. The normalized spacial score (nSPS) is 19.2. The fourth-order valence-electron chi connectivity index (χ4n) is 6.43. The van der Waals surface area contributed by atoms with Crippen molar-refractivity contribution >= 4 is 5.69 Å². The second-order valence-electron chi connectivity index (χ2n) is 11.7. The van der Waals surface area contributed by atoms with E-state index in [2.05, 4.69) is 39.7 Å². The zero-order chi connectivity index (χ0) is 30.8. The van der Waals surface area contributed by atoms with E-state index in [-0.39, 0.29) is 37.9 Å². The first-order valence-electron chi connectivity index (χ1n) is 14.9.